The monoisotopic (exact) mass is 240 g/mol. The van der Waals surface area contributed by atoms with E-state index in [0.29, 0.717) is 0 Å². The molecule has 92 valence electrons. The van der Waals surface area contributed by atoms with Gasteiger partial charge in [-0.25, -0.2) is 0 Å². The molecule has 16 heavy (non-hydrogen) atoms. The Hall–Kier alpha value is 0.270. The van der Waals surface area contributed by atoms with Crippen LogP contribution < -0.4 is 5.32 Å². The van der Waals surface area contributed by atoms with Crippen LogP contribution in [0.4, 0.5) is 0 Å². The number of thioether (sulfide) groups is 1. The second-order valence-corrected chi connectivity index (χ2v) is 6.67. The lowest BCUT2D eigenvalue weighted by molar-refractivity contribution is 0.156. The summed E-state index contributed by atoms with van der Waals surface area (Å²) in [6, 6.07) is 2.58. The molecule has 3 rings (SSSR count). The maximum atomic E-state index is 3.72. The lowest BCUT2D eigenvalue weighted by Crippen LogP contribution is -2.49. The molecule has 0 aromatic carbocycles. The molecule has 3 heterocycles. The molecule has 3 fully saturated rings. The lowest BCUT2D eigenvalue weighted by atomic mass is 10.0. The van der Waals surface area contributed by atoms with Crippen molar-refractivity contribution in [1.82, 2.24) is 10.2 Å². The van der Waals surface area contributed by atoms with E-state index in [4.69, 9.17) is 0 Å². The minimum absolute atomic E-state index is 0.814. The topological polar surface area (TPSA) is 15.3 Å². The predicted molar refractivity (Wildman–Crippen MR) is 71.1 cm³/mol. The van der Waals surface area contributed by atoms with Crippen molar-refractivity contribution < 1.29 is 0 Å². The van der Waals surface area contributed by atoms with E-state index in [-0.39, 0.29) is 0 Å². The van der Waals surface area contributed by atoms with E-state index < -0.39 is 0 Å². The molecular weight excluding hydrogens is 216 g/mol. The Kier molecular flexibility index (Phi) is 3.75. The van der Waals surface area contributed by atoms with Crippen LogP contribution in [0.3, 0.4) is 0 Å². The third-order valence-corrected chi connectivity index (χ3v) is 5.71. The fraction of sp³-hybridized carbons (Fsp3) is 1.00. The summed E-state index contributed by atoms with van der Waals surface area (Å²) in [6.07, 6.45) is 8.59. The van der Waals surface area contributed by atoms with Gasteiger partial charge in [0.2, 0.25) is 0 Å². The number of likely N-dealkylation sites (tertiary alicyclic amines) is 1. The van der Waals surface area contributed by atoms with Gasteiger partial charge in [0, 0.05) is 23.9 Å². The van der Waals surface area contributed by atoms with E-state index in [1.807, 2.05) is 0 Å². The summed E-state index contributed by atoms with van der Waals surface area (Å²) in [5.74, 6) is 2.79. The highest BCUT2D eigenvalue weighted by molar-refractivity contribution is 7.99. The highest BCUT2D eigenvalue weighted by Gasteiger charge is 2.37. The van der Waals surface area contributed by atoms with E-state index in [1.54, 1.807) is 0 Å². The van der Waals surface area contributed by atoms with Crippen molar-refractivity contribution >= 4 is 11.8 Å². The van der Waals surface area contributed by atoms with Gasteiger partial charge in [0.25, 0.3) is 0 Å². The van der Waals surface area contributed by atoms with E-state index in [1.165, 1.54) is 63.1 Å². The molecule has 2 nitrogen and oxygen atoms in total. The molecule has 3 heteroatoms. The Bertz CT molecular complexity index is 222. The molecule has 0 amide bonds. The first kappa shape index (κ1) is 11.4. The Morgan fingerprint density at radius 2 is 2.06 bits per heavy atom. The highest BCUT2D eigenvalue weighted by atomic mass is 32.2. The van der Waals surface area contributed by atoms with Crippen LogP contribution in [0.5, 0.6) is 0 Å². The molecule has 3 aliphatic rings. The number of hydrogen-bond acceptors (Lipinski definition) is 3. The second-order valence-electron chi connectivity index (χ2n) is 5.52. The van der Waals surface area contributed by atoms with Crippen molar-refractivity contribution in [2.45, 2.75) is 56.7 Å². The molecule has 0 aromatic heterocycles. The van der Waals surface area contributed by atoms with Gasteiger partial charge in [0.1, 0.15) is 0 Å². The number of nitrogens with one attached hydrogen (secondary N) is 1. The van der Waals surface area contributed by atoms with Crippen molar-refractivity contribution in [3.63, 3.8) is 0 Å². The fourth-order valence-electron chi connectivity index (χ4n) is 3.73. The normalized spacial score (nSPS) is 41.6. The second kappa shape index (κ2) is 5.28. The maximum absolute atomic E-state index is 3.72. The maximum Gasteiger partial charge on any atom is 0.0253 e. The van der Waals surface area contributed by atoms with Crippen molar-refractivity contribution in [2.24, 2.45) is 0 Å². The summed E-state index contributed by atoms with van der Waals surface area (Å²) in [4.78, 5) is 2.86. The Balaban J connectivity index is 1.63. The largest absolute Gasteiger partial charge is 0.312 e. The van der Waals surface area contributed by atoms with Crippen LogP contribution in [-0.2, 0) is 0 Å². The van der Waals surface area contributed by atoms with Gasteiger partial charge in [-0.05, 0) is 57.4 Å². The third kappa shape index (κ3) is 2.27. The van der Waals surface area contributed by atoms with E-state index in [2.05, 4.69) is 22.0 Å². The molecule has 0 spiro atoms. The zero-order chi connectivity index (χ0) is 10.8. The molecule has 3 unspecified atom stereocenters. The Morgan fingerprint density at radius 1 is 1.06 bits per heavy atom. The molecule has 0 aromatic rings. The highest BCUT2D eigenvalue weighted by Crippen LogP contribution is 2.31. The minimum Gasteiger partial charge on any atom is -0.312 e. The van der Waals surface area contributed by atoms with Gasteiger partial charge < -0.3 is 5.32 Å². The van der Waals surface area contributed by atoms with Gasteiger partial charge in [-0.15, -0.1) is 0 Å². The quantitative estimate of drug-likeness (QED) is 0.796. The zero-order valence-electron chi connectivity index (χ0n) is 10.2. The van der Waals surface area contributed by atoms with Gasteiger partial charge in [0.05, 0.1) is 0 Å². The number of rotatable bonds is 2. The van der Waals surface area contributed by atoms with Gasteiger partial charge >= 0.3 is 0 Å². The van der Waals surface area contributed by atoms with Crippen LogP contribution >= 0.6 is 11.8 Å². The summed E-state index contributed by atoms with van der Waals surface area (Å²) < 4.78 is 0. The standard InChI is InChI=1S/C13H24N2S/c1-5-12(14-7-1)13-6-2-8-15(13)11-4-3-9-16-10-11/h11-14H,1-10H2. The van der Waals surface area contributed by atoms with E-state index in [9.17, 15) is 0 Å². The molecule has 0 saturated carbocycles. The first-order valence-electron chi connectivity index (χ1n) is 7.02. The smallest absolute Gasteiger partial charge is 0.0253 e. The molecule has 3 aliphatic heterocycles. The predicted octanol–water partition coefficient (Wildman–Crippen LogP) is 2.10. The molecule has 0 radical (unpaired) electrons. The molecular formula is C13H24N2S. The van der Waals surface area contributed by atoms with Crippen molar-refractivity contribution in [3.05, 3.63) is 0 Å². The number of hydrogen-bond donors (Lipinski definition) is 1. The first-order chi connectivity index (χ1) is 7.95. The molecule has 0 bridgehead atoms. The van der Waals surface area contributed by atoms with Gasteiger partial charge in [-0.1, -0.05) is 0 Å². The third-order valence-electron chi connectivity index (χ3n) is 4.51. The Morgan fingerprint density at radius 3 is 2.81 bits per heavy atom. The van der Waals surface area contributed by atoms with Crippen molar-refractivity contribution in [2.75, 3.05) is 24.6 Å². The number of nitrogens with zero attached hydrogens (tertiary/aromatic N) is 1. The van der Waals surface area contributed by atoms with E-state index in [0.717, 1.165) is 18.1 Å². The molecule has 3 atom stereocenters. The summed E-state index contributed by atoms with van der Waals surface area (Å²) in [5.41, 5.74) is 0. The summed E-state index contributed by atoms with van der Waals surface area (Å²) >= 11 is 2.17. The van der Waals surface area contributed by atoms with Crippen LogP contribution in [0.25, 0.3) is 0 Å². The summed E-state index contributed by atoms with van der Waals surface area (Å²) in [7, 11) is 0. The average Bonchev–Trinajstić information content (AvgIpc) is 3.01. The zero-order valence-corrected chi connectivity index (χ0v) is 11.0. The van der Waals surface area contributed by atoms with Crippen LogP contribution in [0.2, 0.25) is 0 Å². The summed E-state index contributed by atoms with van der Waals surface area (Å²) in [5, 5.41) is 3.72. The molecule has 3 saturated heterocycles. The molecule has 1 N–H and O–H groups in total. The van der Waals surface area contributed by atoms with Crippen molar-refractivity contribution in [1.29, 1.82) is 0 Å². The van der Waals surface area contributed by atoms with Crippen LogP contribution in [0, 0.1) is 0 Å². The lowest BCUT2D eigenvalue weighted by Gasteiger charge is -2.37. The summed E-state index contributed by atoms with van der Waals surface area (Å²) in [6.45, 7) is 2.63. The first-order valence-corrected chi connectivity index (χ1v) is 8.17. The van der Waals surface area contributed by atoms with Crippen LogP contribution in [-0.4, -0.2) is 47.6 Å². The van der Waals surface area contributed by atoms with E-state index >= 15 is 0 Å². The van der Waals surface area contributed by atoms with Crippen LogP contribution in [0.1, 0.15) is 38.5 Å². The molecule has 0 aliphatic carbocycles. The Labute approximate surface area is 104 Å². The van der Waals surface area contributed by atoms with Gasteiger partial charge in [-0.2, -0.15) is 11.8 Å². The van der Waals surface area contributed by atoms with Crippen molar-refractivity contribution in [3.8, 4) is 0 Å². The minimum atomic E-state index is 0.814. The SMILES string of the molecule is C1CNC(C2CCCN2C2CCCSC2)C1. The van der Waals surface area contributed by atoms with Crippen LogP contribution in [0.15, 0.2) is 0 Å². The van der Waals surface area contributed by atoms with Gasteiger partial charge in [-0.3, -0.25) is 4.90 Å². The average molecular weight is 240 g/mol. The fourth-order valence-corrected chi connectivity index (χ4v) is 4.89. The van der Waals surface area contributed by atoms with Gasteiger partial charge in [0.15, 0.2) is 0 Å².